The Kier molecular flexibility index (Phi) is 4.57. The van der Waals surface area contributed by atoms with E-state index in [4.69, 9.17) is 16.1 Å². The molecule has 4 rings (SSSR count). The van der Waals surface area contributed by atoms with Crippen molar-refractivity contribution in [1.29, 1.82) is 0 Å². The summed E-state index contributed by atoms with van der Waals surface area (Å²) in [5.74, 6) is -0.275. The maximum absolute atomic E-state index is 12.2. The van der Waals surface area contributed by atoms with E-state index < -0.39 is 5.63 Å². The van der Waals surface area contributed by atoms with Gasteiger partial charge >= 0.3 is 11.3 Å². The average molecular weight is 400 g/mol. The predicted molar refractivity (Wildman–Crippen MR) is 101 cm³/mol. The number of hydrogen-bond donors (Lipinski definition) is 2. The van der Waals surface area contributed by atoms with E-state index in [1.165, 1.54) is 16.0 Å². The van der Waals surface area contributed by atoms with Crippen molar-refractivity contribution in [2.45, 2.75) is 0 Å². The van der Waals surface area contributed by atoms with Crippen LogP contribution in [-0.4, -0.2) is 16.2 Å². The first-order valence-corrected chi connectivity index (χ1v) is 9.09. The molecule has 2 heterocycles. The smallest absolute Gasteiger partial charge is 0.298 e. The second-order valence-corrected chi connectivity index (χ2v) is 6.79. The van der Waals surface area contributed by atoms with Crippen molar-refractivity contribution in [1.82, 2.24) is 10.3 Å². The van der Waals surface area contributed by atoms with Crippen molar-refractivity contribution in [2.75, 3.05) is 5.32 Å². The van der Waals surface area contributed by atoms with Crippen molar-refractivity contribution in [3.63, 3.8) is 0 Å². The lowest BCUT2D eigenvalue weighted by Crippen LogP contribution is -2.36. The number of halogens is 1. The Labute approximate surface area is 161 Å². The second kappa shape index (κ2) is 7.18. The molecule has 2 aromatic heterocycles. The second-order valence-electron chi connectivity index (χ2n) is 5.50. The van der Waals surface area contributed by atoms with Crippen LogP contribution >= 0.6 is 22.9 Å². The van der Waals surface area contributed by atoms with E-state index in [0.717, 1.165) is 0 Å². The summed E-state index contributed by atoms with van der Waals surface area (Å²) in [5.41, 5.74) is 1.20. The van der Waals surface area contributed by atoms with Crippen molar-refractivity contribution >= 4 is 34.0 Å². The van der Waals surface area contributed by atoms with Crippen molar-refractivity contribution in [3.8, 4) is 17.1 Å². The van der Waals surface area contributed by atoms with E-state index >= 15 is 0 Å². The van der Waals surface area contributed by atoms with Crippen LogP contribution in [0.3, 0.4) is 0 Å². The van der Waals surface area contributed by atoms with E-state index in [1.807, 2.05) is 6.07 Å². The predicted octanol–water partition coefficient (Wildman–Crippen LogP) is 3.27. The lowest BCUT2D eigenvalue weighted by Gasteiger charge is -2.00. The van der Waals surface area contributed by atoms with E-state index in [2.05, 4.69) is 15.6 Å². The maximum Gasteiger partial charge on any atom is 0.437 e. The first-order valence-electron chi connectivity index (χ1n) is 7.83. The molecule has 0 radical (unpaired) electrons. The number of nitrogens with zero attached hydrogens (tertiary/aromatic N) is 2. The highest BCUT2D eigenvalue weighted by molar-refractivity contribution is 7.14. The fourth-order valence-electron chi connectivity index (χ4n) is 2.46. The fraction of sp³-hybridized carbons (Fsp3) is 0. The molecule has 0 aliphatic heterocycles. The van der Waals surface area contributed by atoms with Crippen LogP contribution in [0.4, 0.5) is 5.13 Å². The first-order chi connectivity index (χ1) is 13.1. The van der Waals surface area contributed by atoms with Gasteiger partial charge in [0.05, 0.1) is 0 Å². The van der Waals surface area contributed by atoms with Crippen LogP contribution < -0.4 is 15.6 Å². The van der Waals surface area contributed by atoms with Gasteiger partial charge in [-0.3, -0.25) is 14.6 Å². The van der Waals surface area contributed by atoms with Crippen LogP contribution in [0.2, 0.25) is 5.02 Å². The molecule has 2 aromatic carbocycles. The number of rotatable bonds is 4. The van der Waals surface area contributed by atoms with Gasteiger partial charge in [-0.1, -0.05) is 29.8 Å². The molecule has 1 amide bonds. The highest BCUT2D eigenvalue weighted by Gasteiger charge is 2.28. The number of anilines is 1. The number of hydrogen-bond acceptors (Lipinski definition) is 5. The third-order valence-corrected chi connectivity index (χ3v) is 4.74. The van der Waals surface area contributed by atoms with Crippen molar-refractivity contribution in [2.24, 2.45) is 0 Å². The molecule has 0 aliphatic rings. The topological polar surface area (TPSA) is 91.9 Å². The van der Waals surface area contributed by atoms with Crippen LogP contribution in [-0.2, 0) is 0 Å². The molecule has 0 spiro atoms. The molecule has 134 valence electrons. The minimum Gasteiger partial charge on any atom is -0.298 e. The number of aromatic nitrogens is 3. The van der Waals surface area contributed by atoms with Crippen LogP contribution in [0, 0.1) is 0 Å². The Hall–Kier alpha value is -3.23. The molecule has 0 atom stereocenters. The molecule has 4 aromatic rings. The number of amides is 1. The molecule has 0 saturated heterocycles. The van der Waals surface area contributed by atoms with Gasteiger partial charge in [-0.2, -0.15) is 0 Å². The molecule has 2 N–H and O–H groups in total. The molecule has 0 aliphatic carbocycles. The SMILES string of the molecule is O=C(Nc1nc(-c2c(=O)o[nH][n+]2-c2ccc(Cl)cc2)cs1)c1ccccc1. The molecule has 9 heteroatoms. The van der Waals surface area contributed by atoms with Gasteiger partial charge in [-0.05, 0) is 34.2 Å². The third-order valence-electron chi connectivity index (χ3n) is 3.73. The van der Waals surface area contributed by atoms with E-state index in [1.54, 1.807) is 53.9 Å². The van der Waals surface area contributed by atoms with Gasteiger partial charge in [0, 0.05) is 28.1 Å². The summed E-state index contributed by atoms with van der Waals surface area (Å²) in [6, 6.07) is 15.7. The molecular weight excluding hydrogens is 388 g/mol. The summed E-state index contributed by atoms with van der Waals surface area (Å²) in [6.07, 6.45) is 0. The summed E-state index contributed by atoms with van der Waals surface area (Å²) < 4.78 is 6.39. The van der Waals surface area contributed by atoms with Gasteiger partial charge in [0.25, 0.3) is 5.91 Å². The van der Waals surface area contributed by atoms with Crippen molar-refractivity contribution < 1.29 is 14.0 Å². The Bertz CT molecular complexity index is 1150. The Morgan fingerprint density at radius 3 is 2.63 bits per heavy atom. The number of aromatic amines is 1. The largest absolute Gasteiger partial charge is 0.437 e. The zero-order valence-electron chi connectivity index (χ0n) is 13.7. The molecule has 0 saturated carbocycles. The van der Waals surface area contributed by atoms with Crippen LogP contribution in [0.25, 0.3) is 17.1 Å². The quantitative estimate of drug-likeness (QED) is 0.515. The summed E-state index contributed by atoms with van der Waals surface area (Å²) in [4.78, 5) is 28.8. The van der Waals surface area contributed by atoms with Crippen LogP contribution in [0.1, 0.15) is 10.4 Å². The lowest BCUT2D eigenvalue weighted by atomic mass is 10.2. The van der Waals surface area contributed by atoms with Gasteiger partial charge < -0.3 is 0 Å². The summed E-state index contributed by atoms with van der Waals surface area (Å²) in [5, 5.41) is 7.90. The standard InChI is InChI=1S/C18H11ClN4O3S/c19-12-6-8-13(9-7-12)23-15(17(25)26-22-23)14-10-27-18(20-14)21-16(24)11-4-2-1-3-5-11/h1-10H,(H-,20,21,22,24,25)/p+1. The zero-order valence-corrected chi connectivity index (χ0v) is 15.3. The lowest BCUT2D eigenvalue weighted by molar-refractivity contribution is -0.660. The molecule has 0 fully saturated rings. The van der Waals surface area contributed by atoms with Crippen molar-refractivity contribution in [3.05, 3.63) is 81.0 Å². The molecule has 27 heavy (non-hydrogen) atoms. The molecule has 0 unspecified atom stereocenters. The normalized spacial score (nSPS) is 10.7. The highest BCUT2D eigenvalue weighted by atomic mass is 35.5. The molecule has 7 nitrogen and oxygen atoms in total. The summed E-state index contributed by atoms with van der Waals surface area (Å²) >= 11 is 7.12. The summed E-state index contributed by atoms with van der Waals surface area (Å²) in [6.45, 7) is 0. The maximum atomic E-state index is 12.2. The van der Waals surface area contributed by atoms with Crippen LogP contribution in [0.5, 0.6) is 0 Å². The number of carbonyl (C=O) groups excluding carboxylic acids is 1. The third kappa shape index (κ3) is 3.53. The average Bonchev–Trinajstić information content (AvgIpc) is 3.29. The fourth-order valence-corrected chi connectivity index (χ4v) is 3.28. The molecule has 0 bridgehead atoms. The van der Waals surface area contributed by atoms with Crippen LogP contribution in [0.15, 0.2) is 69.3 Å². The number of benzene rings is 2. The number of H-pyrrole nitrogens is 1. The Balaban J connectivity index is 1.64. The van der Waals surface area contributed by atoms with E-state index in [-0.39, 0.29) is 11.6 Å². The Morgan fingerprint density at radius 1 is 1.15 bits per heavy atom. The number of thiazole rings is 1. The minimum absolute atomic E-state index is 0.216. The van der Waals surface area contributed by atoms with Gasteiger partial charge in [-0.25, -0.2) is 9.78 Å². The van der Waals surface area contributed by atoms with Gasteiger partial charge in [0.15, 0.2) is 10.8 Å². The number of carbonyl (C=O) groups is 1. The monoisotopic (exact) mass is 399 g/mol. The van der Waals surface area contributed by atoms with Gasteiger partial charge in [0.1, 0.15) is 0 Å². The van der Waals surface area contributed by atoms with Gasteiger partial charge in [0.2, 0.25) is 5.69 Å². The number of nitrogens with one attached hydrogen (secondary N) is 2. The Morgan fingerprint density at radius 2 is 1.89 bits per heavy atom. The zero-order chi connectivity index (χ0) is 18.8. The summed E-state index contributed by atoms with van der Waals surface area (Å²) in [7, 11) is 0. The molecular formula is C18H12ClN4O3S+. The minimum atomic E-state index is -0.573. The van der Waals surface area contributed by atoms with E-state index in [0.29, 0.717) is 27.1 Å². The van der Waals surface area contributed by atoms with Gasteiger partial charge in [-0.15, -0.1) is 11.3 Å². The first kappa shape index (κ1) is 17.2. The van der Waals surface area contributed by atoms with E-state index in [9.17, 15) is 9.59 Å². The highest BCUT2D eigenvalue weighted by Crippen LogP contribution is 2.22.